The summed E-state index contributed by atoms with van der Waals surface area (Å²) >= 11 is 15.9. The molecule has 0 bridgehead atoms. The van der Waals surface area contributed by atoms with Gasteiger partial charge in [-0.2, -0.15) is 0 Å². The average molecular weight is 762 g/mol. The van der Waals surface area contributed by atoms with E-state index < -0.39 is 22.5 Å². The van der Waals surface area contributed by atoms with Gasteiger partial charge in [-0.05, 0) is 66.0 Å². The predicted molar refractivity (Wildman–Crippen MR) is 194 cm³/mol. The maximum Gasteiger partial charge on any atom is 0.338 e. The molecule has 11 nitrogen and oxygen atoms in total. The number of rotatable bonds is 9. The molecule has 16 heteroatoms. The van der Waals surface area contributed by atoms with Crippen molar-refractivity contribution in [3.05, 3.63) is 146 Å². The molecule has 0 saturated heterocycles. The minimum atomic E-state index is -0.787. The number of aromatic amines is 1. The van der Waals surface area contributed by atoms with E-state index in [0.29, 0.717) is 48.0 Å². The van der Waals surface area contributed by atoms with E-state index in [0.717, 1.165) is 28.0 Å². The van der Waals surface area contributed by atoms with Gasteiger partial charge >= 0.3 is 5.97 Å². The number of benzene rings is 3. The third-order valence-corrected chi connectivity index (χ3v) is 10.9. The first-order valence-electron chi connectivity index (χ1n) is 14.9. The molecular weight excluding hydrogens is 740 g/mol. The first kappa shape index (κ1) is 33.6. The topological polar surface area (TPSA) is 145 Å². The first-order chi connectivity index (χ1) is 24.2. The number of hydrogen-bond acceptors (Lipinski definition) is 11. The largest absolute Gasteiger partial charge is 0.463 e. The van der Waals surface area contributed by atoms with E-state index in [-0.39, 0.29) is 27.6 Å². The van der Waals surface area contributed by atoms with Gasteiger partial charge in [-0.3, -0.25) is 24.6 Å². The average Bonchev–Trinajstić information content (AvgIpc) is 3.87. The van der Waals surface area contributed by atoms with Crippen molar-refractivity contribution < 1.29 is 14.5 Å². The number of esters is 1. The van der Waals surface area contributed by atoms with E-state index in [1.165, 1.54) is 22.0 Å². The van der Waals surface area contributed by atoms with Crippen LogP contribution in [0.1, 0.15) is 29.0 Å². The molecular formula is C34H22Cl2N6O5S3. The van der Waals surface area contributed by atoms with Crippen molar-refractivity contribution in [2.45, 2.75) is 23.0 Å². The summed E-state index contributed by atoms with van der Waals surface area (Å²) in [6.45, 7) is 1.87. The van der Waals surface area contributed by atoms with E-state index in [1.807, 2.05) is 47.8 Å². The number of aromatic nitrogens is 4. The summed E-state index contributed by atoms with van der Waals surface area (Å²) in [6.07, 6.45) is 1.58. The van der Waals surface area contributed by atoms with Crippen LogP contribution in [0.5, 0.6) is 0 Å². The number of hydrogen-bond donors (Lipinski definition) is 1. The molecule has 50 heavy (non-hydrogen) atoms. The van der Waals surface area contributed by atoms with Gasteiger partial charge in [0.15, 0.2) is 10.6 Å². The number of nitro groups is 1. The molecule has 0 unspecified atom stereocenters. The fourth-order valence-electron chi connectivity index (χ4n) is 5.35. The maximum absolute atomic E-state index is 14.1. The van der Waals surface area contributed by atoms with Gasteiger partial charge in [0.1, 0.15) is 6.04 Å². The van der Waals surface area contributed by atoms with Crippen LogP contribution in [0.15, 0.2) is 110 Å². The Morgan fingerprint density at radius 2 is 1.94 bits per heavy atom. The lowest BCUT2D eigenvalue weighted by Gasteiger charge is -2.24. The Morgan fingerprint density at radius 1 is 1.12 bits per heavy atom. The summed E-state index contributed by atoms with van der Waals surface area (Å²) in [5, 5.41) is 22.2. The second-order valence-corrected chi connectivity index (χ2v) is 14.5. The Kier molecular flexibility index (Phi) is 9.53. The van der Waals surface area contributed by atoms with Crippen molar-refractivity contribution in [1.82, 2.24) is 19.7 Å². The van der Waals surface area contributed by atoms with E-state index in [9.17, 15) is 19.7 Å². The first-order valence-corrected chi connectivity index (χ1v) is 18.1. The van der Waals surface area contributed by atoms with E-state index in [4.69, 9.17) is 32.9 Å². The van der Waals surface area contributed by atoms with Gasteiger partial charge < -0.3 is 4.74 Å². The molecule has 4 heterocycles. The number of H-pyrrole nitrogens is 1. The summed E-state index contributed by atoms with van der Waals surface area (Å²) in [7, 11) is 0. The number of nitro benzene ring substituents is 1. The summed E-state index contributed by atoms with van der Waals surface area (Å²) in [5.41, 5.74) is 1.79. The molecule has 0 aliphatic carbocycles. The predicted octanol–water partition coefficient (Wildman–Crippen LogP) is 7.15. The zero-order chi connectivity index (χ0) is 34.9. The van der Waals surface area contributed by atoms with Crippen molar-refractivity contribution >= 4 is 81.1 Å². The second-order valence-electron chi connectivity index (χ2n) is 10.6. The molecule has 0 fully saturated rings. The van der Waals surface area contributed by atoms with E-state index in [2.05, 4.69) is 15.2 Å². The number of ether oxygens (including phenoxy) is 1. The molecule has 3 aromatic heterocycles. The number of fused-ring (bicyclic) bond motifs is 1. The number of nitrogens with one attached hydrogen (secondary N) is 1. The van der Waals surface area contributed by atoms with Crippen LogP contribution < -0.4 is 14.9 Å². The lowest BCUT2D eigenvalue weighted by atomic mass is 9.97. The highest BCUT2D eigenvalue weighted by Crippen LogP contribution is 2.38. The molecule has 0 saturated carbocycles. The Morgan fingerprint density at radius 3 is 2.66 bits per heavy atom. The number of halogens is 2. The van der Waals surface area contributed by atoms with Crippen LogP contribution in [0.3, 0.4) is 0 Å². The molecule has 250 valence electrons. The molecule has 6 aromatic rings. The summed E-state index contributed by atoms with van der Waals surface area (Å²) < 4.78 is 7.26. The molecule has 3 aromatic carbocycles. The smallest absolute Gasteiger partial charge is 0.338 e. The van der Waals surface area contributed by atoms with Crippen molar-refractivity contribution in [3.8, 4) is 11.4 Å². The van der Waals surface area contributed by atoms with Crippen molar-refractivity contribution in [1.29, 1.82) is 0 Å². The Labute approximate surface area is 305 Å². The minimum Gasteiger partial charge on any atom is -0.463 e. The van der Waals surface area contributed by atoms with Crippen LogP contribution in [0, 0.1) is 10.1 Å². The highest BCUT2D eigenvalue weighted by Gasteiger charge is 2.35. The number of nitrogens with zero attached hydrogens (tertiary/aromatic N) is 5. The third kappa shape index (κ3) is 6.55. The van der Waals surface area contributed by atoms with E-state index >= 15 is 0 Å². The lowest BCUT2D eigenvalue weighted by molar-refractivity contribution is -0.387. The molecule has 1 N–H and O–H groups in total. The summed E-state index contributed by atoms with van der Waals surface area (Å²) in [5.74, 6) is -0.188. The van der Waals surface area contributed by atoms with Gasteiger partial charge in [-0.15, -0.1) is 16.4 Å². The van der Waals surface area contributed by atoms with Crippen LogP contribution in [0.25, 0.3) is 23.2 Å². The molecule has 1 atom stereocenters. The standard InChI is InChI=1S/C34H22Cl2N6O5S3/c1-2-47-32(44)27-28(19-7-4-3-5-8-19)37-34-41(29(27)25-9-6-14-48-25)31(43)26(50-34)16-18-10-13-24(23(15-18)42(45)46)49-33-38-30(39-40-33)21-12-11-20(35)17-22(21)36/h3-17,29H,2H2,1H3,(H,38,39,40)/b26-16+/t29-/m0/s1. The fraction of sp³-hybridized carbons (Fsp3) is 0.0882. The quantitative estimate of drug-likeness (QED) is 0.0930. The molecule has 0 amide bonds. The highest BCUT2D eigenvalue weighted by molar-refractivity contribution is 7.99. The summed E-state index contributed by atoms with van der Waals surface area (Å²) in [4.78, 5) is 50.1. The molecule has 0 radical (unpaired) electrons. The zero-order valence-electron chi connectivity index (χ0n) is 25.7. The Balaban J connectivity index is 1.29. The van der Waals surface area contributed by atoms with E-state index in [1.54, 1.807) is 43.3 Å². The second kappa shape index (κ2) is 14.2. The van der Waals surface area contributed by atoms with Crippen LogP contribution in [0.2, 0.25) is 10.0 Å². The highest BCUT2D eigenvalue weighted by atomic mass is 35.5. The Hall–Kier alpha value is -4.86. The van der Waals surface area contributed by atoms with Crippen molar-refractivity contribution in [2.24, 2.45) is 4.99 Å². The molecule has 1 aliphatic heterocycles. The molecule has 0 spiro atoms. The normalized spacial score (nSPS) is 14.4. The van der Waals surface area contributed by atoms with Gasteiger partial charge in [0.25, 0.3) is 11.2 Å². The van der Waals surface area contributed by atoms with Gasteiger partial charge in [0.05, 0.1) is 37.3 Å². The fourth-order valence-corrected chi connectivity index (χ4v) is 8.47. The molecule has 1 aliphatic rings. The van der Waals surface area contributed by atoms with Crippen LogP contribution in [-0.4, -0.2) is 37.2 Å². The third-order valence-electron chi connectivity index (χ3n) is 7.52. The van der Waals surface area contributed by atoms with Crippen LogP contribution in [-0.2, 0) is 9.53 Å². The van der Waals surface area contributed by atoms with Gasteiger partial charge in [-0.1, -0.05) is 77.0 Å². The minimum absolute atomic E-state index is 0.146. The maximum atomic E-state index is 14.1. The molecule has 7 rings (SSSR count). The van der Waals surface area contributed by atoms with Crippen LogP contribution in [0.4, 0.5) is 5.69 Å². The Bertz CT molecular complexity index is 2490. The van der Waals surface area contributed by atoms with Gasteiger partial charge in [0, 0.05) is 27.1 Å². The number of carbonyl (C=O) groups is 1. The van der Waals surface area contributed by atoms with Gasteiger partial charge in [0.2, 0.25) is 5.16 Å². The van der Waals surface area contributed by atoms with Crippen molar-refractivity contribution in [3.63, 3.8) is 0 Å². The zero-order valence-corrected chi connectivity index (χ0v) is 29.7. The SMILES string of the molecule is CCOC(=O)C1=C(c2ccccc2)N=c2s/c(=C/c3ccc(Sc4n[nH]c(-c5ccc(Cl)cc5Cl)n4)c([N+](=O)[O-])c3)c(=O)n2[C@H]1c1cccs1. The number of carbonyl (C=O) groups excluding carboxylic acids is 1. The number of thiophene rings is 1. The lowest BCUT2D eigenvalue weighted by Crippen LogP contribution is -2.39. The number of thiazole rings is 1. The summed E-state index contributed by atoms with van der Waals surface area (Å²) in [6, 6.07) is 21.8. The van der Waals surface area contributed by atoms with Crippen LogP contribution >= 0.6 is 57.6 Å². The monoisotopic (exact) mass is 760 g/mol. The van der Waals surface area contributed by atoms with Crippen molar-refractivity contribution in [2.75, 3.05) is 6.61 Å². The van der Waals surface area contributed by atoms with Gasteiger partial charge in [-0.25, -0.2) is 14.8 Å².